The molecule has 142 valence electrons. The monoisotopic (exact) mass is 370 g/mol. The molecule has 1 N–H and O–H groups in total. The summed E-state index contributed by atoms with van der Waals surface area (Å²) in [5.41, 5.74) is 1.54. The number of esters is 1. The van der Waals surface area contributed by atoms with Gasteiger partial charge in [0.2, 0.25) is 0 Å². The maximum atomic E-state index is 12.2. The zero-order valence-corrected chi connectivity index (χ0v) is 15.5. The van der Waals surface area contributed by atoms with E-state index in [1.165, 1.54) is 32.0 Å². The molecule has 27 heavy (non-hydrogen) atoms. The van der Waals surface area contributed by atoms with Gasteiger partial charge >= 0.3 is 5.97 Å². The lowest BCUT2D eigenvalue weighted by atomic mass is 10.0. The van der Waals surface area contributed by atoms with Crippen LogP contribution in [0.25, 0.3) is 0 Å². The zero-order valence-electron chi connectivity index (χ0n) is 15.5. The number of nitrogens with one attached hydrogen (secondary N) is 1. The van der Waals surface area contributed by atoms with E-state index in [0.717, 1.165) is 5.56 Å². The number of carbonyl (C=O) groups excluding carboxylic acids is 2. The van der Waals surface area contributed by atoms with Gasteiger partial charge in [0, 0.05) is 18.2 Å². The molecule has 0 heterocycles. The van der Waals surface area contributed by atoms with Crippen molar-refractivity contribution >= 4 is 17.6 Å². The lowest BCUT2D eigenvalue weighted by Crippen LogP contribution is -2.37. The number of nitrogens with zero attached hydrogens (tertiary/aromatic N) is 1. The topological polar surface area (TPSA) is 98.5 Å². The van der Waals surface area contributed by atoms with Gasteiger partial charge in [-0.2, -0.15) is 0 Å². The van der Waals surface area contributed by atoms with Crippen molar-refractivity contribution in [3.63, 3.8) is 0 Å². The molecule has 2 aromatic carbocycles. The number of ether oxygens (including phenoxy) is 1. The Morgan fingerprint density at radius 3 is 2.41 bits per heavy atom. The first-order valence-electron chi connectivity index (χ1n) is 8.58. The number of rotatable bonds is 7. The fourth-order valence-electron chi connectivity index (χ4n) is 2.57. The molecule has 0 aromatic heterocycles. The summed E-state index contributed by atoms with van der Waals surface area (Å²) in [6.45, 7) is 5.43. The predicted octanol–water partition coefficient (Wildman–Crippen LogP) is 3.37. The van der Waals surface area contributed by atoms with Gasteiger partial charge in [0.15, 0.2) is 6.10 Å². The second-order valence-electron chi connectivity index (χ2n) is 6.36. The minimum Gasteiger partial charge on any atom is -0.449 e. The maximum Gasteiger partial charge on any atom is 0.338 e. The van der Waals surface area contributed by atoms with Gasteiger partial charge in [-0.15, -0.1) is 0 Å². The van der Waals surface area contributed by atoms with Crippen molar-refractivity contribution in [1.82, 2.24) is 5.32 Å². The smallest absolute Gasteiger partial charge is 0.338 e. The van der Waals surface area contributed by atoms with E-state index >= 15 is 0 Å². The number of nitro groups is 1. The van der Waals surface area contributed by atoms with E-state index in [9.17, 15) is 19.7 Å². The third-order valence-electron chi connectivity index (χ3n) is 4.23. The second-order valence-corrected chi connectivity index (χ2v) is 6.36. The molecular weight excluding hydrogens is 348 g/mol. The van der Waals surface area contributed by atoms with Crippen LogP contribution in [0.1, 0.15) is 41.3 Å². The number of carbonyl (C=O) groups is 2. The largest absolute Gasteiger partial charge is 0.449 e. The molecule has 2 rings (SSSR count). The standard InChI is InChI=1S/C20H22N2O5/c1-13-11-17(9-10-18(13)22(25)26)20(24)27-15(3)19(23)21-12-14(2)16-7-5-4-6-8-16/h4-11,14-15H,12H2,1-3H3,(H,21,23)/t14-,15-/m1/s1. The molecule has 0 aliphatic carbocycles. The summed E-state index contributed by atoms with van der Waals surface area (Å²) in [4.78, 5) is 34.7. The molecule has 0 saturated carbocycles. The number of nitro benzene ring substituents is 1. The van der Waals surface area contributed by atoms with E-state index in [1.54, 1.807) is 0 Å². The summed E-state index contributed by atoms with van der Waals surface area (Å²) in [6, 6.07) is 13.7. The SMILES string of the molecule is Cc1cc(C(=O)O[C@H](C)C(=O)NC[C@@H](C)c2ccccc2)ccc1[N+](=O)[O-]. The molecule has 1 amide bonds. The van der Waals surface area contributed by atoms with E-state index in [2.05, 4.69) is 5.32 Å². The van der Waals surface area contributed by atoms with E-state index in [1.807, 2.05) is 37.3 Å². The maximum absolute atomic E-state index is 12.2. The first-order valence-corrected chi connectivity index (χ1v) is 8.58. The van der Waals surface area contributed by atoms with Crippen LogP contribution in [0.15, 0.2) is 48.5 Å². The molecular formula is C20H22N2O5. The summed E-state index contributed by atoms with van der Waals surface area (Å²) in [6.07, 6.45) is -0.976. The Hall–Kier alpha value is -3.22. The number of benzene rings is 2. The quantitative estimate of drug-likeness (QED) is 0.458. The predicted molar refractivity (Wildman–Crippen MR) is 101 cm³/mol. The molecule has 2 atom stereocenters. The Kier molecular flexibility index (Phi) is 6.65. The molecule has 0 aliphatic rings. The van der Waals surface area contributed by atoms with Gasteiger partial charge in [0.05, 0.1) is 10.5 Å². The van der Waals surface area contributed by atoms with Gasteiger partial charge in [-0.05, 0) is 37.5 Å². The van der Waals surface area contributed by atoms with Crippen molar-refractivity contribution in [2.24, 2.45) is 0 Å². The van der Waals surface area contributed by atoms with Gasteiger partial charge in [-0.1, -0.05) is 37.3 Å². The Morgan fingerprint density at radius 2 is 1.81 bits per heavy atom. The zero-order chi connectivity index (χ0) is 20.0. The van der Waals surface area contributed by atoms with E-state index in [4.69, 9.17) is 4.74 Å². The van der Waals surface area contributed by atoms with Crippen molar-refractivity contribution in [3.8, 4) is 0 Å². The summed E-state index contributed by atoms with van der Waals surface area (Å²) in [5, 5.41) is 13.6. The molecule has 7 nitrogen and oxygen atoms in total. The molecule has 0 radical (unpaired) electrons. The Labute approximate surface area is 157 Å². The highest BCUT2D eigenvalue weighted by Crippen LogP contribution is 2.19. The summed E-state index contributed by atoms with van der Waals surface area (Å²) in [7, 11) is 0. The molecule has 7 heteroatoms. The molecule has 0 spiro atoms. The lowest BCUT2D eigenvalue weighted by molar-refractivity contribution is -0.385. The Morgan fingerprint density at radius 1 is 1.15 bits per heavy atom. The van der Waals surface area contributed by atoms with Crippen LogP contribution in [0.5, 0.6) is 0 Å². The molecule has 0 aliphatic heterocycles. The third-order valence-corrected chi connectivity index (χ3v) is 4.23. The first-order chi connectivity index (χ1) is 12.8. The van der Waals surface area contributed by atoms with Crippen LogP contribution < -0.4 is 5.32 Å². The average molecular weight is 370 g/mol. The van der Waals surface area contributed by atoms with Crippen molar-refractivity contribution in [1.29, 1.82) is 0 Å². The van der Waals surface area contributed by atoms with Crippen LogP contribution in [-0.4, -0.2) is 29.4 Å². The van der Waals surface area contributed by atoms with Crippen molar-refractivity contribution in [2.45, 2.75) is 32.8 Å². The number of hydrogen-bond acceptors (Lipinski definition) is 5. The highest BCUT2D eigenvalue weighted by atomic mass is 16.6. The van der Waals surface area contributed by atoms with Crippen LogP contribution in [0.4, 0.5) is 5.69 Å². The highest BCUT2D eigenvalue weighted by molar-refractivity contribution is 5.92. The Bertz CT molecular complexity index is 836. The normalized spacial score (nSPS) is 12.7. The molecule has 0 unspecified atom stereocenters. The second kappa shape index (κ2) is 8.93. The van der Waals surface area contributed by atoms with Crippen LogP contribution in [-0.2, 0) is 9.53 Å². The summed E-state index contributed by atoms with van der Waals surface area (Å²) < 4.78 is 5.17. The van der Waals surface area contributed by atoms with Crippen LogP contribution >= 0.6 is 0 Å². The van der Waals surface area contributed by atoms with Gasteiger partial charge in [-0.25, -0.2) is 4.79 Å². The van der Waals surface area contributed by atoms with Gasteiger partial charge in [-0.3, -0.25) is 14.9 Å². The molecule has 0 saturated heterocycles. The minimum absolute atomic E-state index is 0.0766. The average Bonchev–Trinajstić information content (AvgIpc) is 2.65. The van der Waals surface area contributed by atoms with Gasteiger partial charge < -0.3 is 10.1 Å². The number of amides is 1. The summed E-state index contributed by atoms with van der Waals surface area (Å²) >= 11 is 0. The summed E-state index contributed by atoms with van der Waals surface area (Å²) in [5.74, 6) is -0.980. The number of aryl methyl sites for hydroxylation is 1. The third kappa shape index (κ3) is 5.37. The van der Waals surface area contributed by atoms with Crippen LogP contribution in [0.3, 0.4) is 0 Å². The minimum atomic E-state index is -0.976. The fourth-order valence-corrected chi connectivity index (χ4v) is 2.57. The van der Waals surface area contributed by atoms with Crippen LogP contribution in [0.2, 0.25) is 0 Å². The van der Waals surface area contributed by atoms with Crippen LogP contribution in [0, 0.1) is 17.0 Å². The lowest BCUT2D eigenvalue weighted by Gasteiger charge is -2.17. The van der Waals surface area contributed by atoms with E-state index < -0.39 is 22.9 Å². The first kappa shape index (κ1) is 20.1. The Balaban J connectivity index is 1.91. The molecule has 2 aromatic rings. The van der Waals surface area contributed by atoms with Gasteiger partial charge in [0.1, 0.15) is 0 Å². The van der Waals surface area contributed by atoms with Gasteiger partial charge in [0.25, 0.3) is 11.6 Å². The fraction of sp³-hybridized carbons (Fsp3) is 0.300. The highest BCUT2D eigenvalue weighted by Gasteiger charge is 2.21. The number of hydrogen-bond donors (Lipinski definition) is 1. The molecule has 0 bridgehead atoms. The van der Waals surface area contributed by atoms with E-state index in [-0.39, 0.29) is 17.2 Å². The van der Waals surface area contributed by atoms with Crippen molar-refractivity contribution < 1.29 is 19.2 Å². The van der Waals surface area contributed by atoms with Crippen molar-refractivity contribution in [2.75, 3.05) is 6.54 Å². The van der Waals surface area contributed by atoms with Crippen molar-refractivity contribution in [3.05, 3.63) is 75.3 Å². The van der Waals surface area contributed by atoms with E-state index in [0.29, 0.717) is 12.1 Å². The molecule has 0 fully saturated rings.